The monoisotopic (exact) mass is 568 g/mol. The molecule has 0 aliphatic heterocycles. The number of phenolic OH excluding ortho intramolecular Hbond substituents is 4. The Morgan fingerprint density at radius 2 is 0.690 bits per heavy atom. The Bertz CT molecular complexity index is 1430. The molecule has 42 heavy (non-hydrogen) atoms. The first-order valence-corrected chi connectivity index (χ1v) is 14.7. The molecular weight excluding hydrogens is 520 g/mol. The van der Waals surface area contributed by atoms with Crippen molar-refractivity contribution in [3.8, 4) is 23.0 Å². The number of phenols is 4. The second-order valence-electron chi connectivity index (χ2n) is 13.1. The lowest BCUT2D eigenvalue weighted by Crippen LogP contribution is -2.19. The Balaban J connectivity index is 0.000000235. The van der Waals surface area contributed by atoms with E-state index in [0.717, 1.165) is 33.4 Å². The SMILES string of the molecule is CC(C)c1cc(C(C)(C)c2ccc(O)c(C(C)C)c2)ccc1O.Cc1cc(C(C)(C)c2ccc(O)c(C)c2)ccc1O. The molecular formula is C38H48O4. The number of aryl methyl sites for hydroxylation is 2. The third-order valence-corrected chi connectivity index (χ3v) is 8.58. The largest absolute Gasteiger partial charge is 0.508 e. The van der Waals surface area contributed by atoms with Crippen LogP contribution in [0.15, 0.2) is 72.8 Å². The van der Waals surface area contributed by atoms with E-state index in [1.54, 1.807) is 24.3 Å². The highest BCUT2D eigenvalue weighted by Crippen LogP contribution is 2.39. The van der Waals surface area contributed by atoms with Crippen molar-refractivity contribution in [1.29, 1.82) is 0 Å². The molecule has 4 rings (SSSR count). The Morgan fingerprint density at radius 1 is 0.429 bits per heavy atom. The van der Waals surface area contributed by atoms with E-state index in [1.165, 1.54) is 11.1 Å². The Kier molecular flexibility index (Phi) is 9.72. The smallest absolute Gasteiger partial charge is 0.119 e. The van der Waals surface area contributed by atoms with E-state index in [2.05, 4.69) is 67.5 Å². The average molecular weight is 569 g/mol. The standard InChI is InChI=1S/C21H28O2.C17H20O2/c1-13(2)17-11-15(7-9-19(17)22)21(5,6)16-8-10-20(23)18(12-16)14(3)4;1-11-9-13(5-7-15(11)18)17(3,4)14-6-8-16(19)12(2)10-14/h7-14,22-23H,1-6H3;5-10,18-19H,1-4H3. The molecule has 0 unspecified atom stereocenters. The minimum absolute atomic E-state index is 0.170. The third kappa shape index (κ3) is 6.92. The molecule has 0 radical (unpaired) electrons. The van der Waals surface area contributed by atoms with Crippen LogP contribution in [0.2, 0.25) is 0 Å². The maximum absolute atomic E-state index is 10.1. The fourth-order valence-electron chi connectivity index (χ4n) is 5.23. The highest BCUT2D eigenvalue weighted by molar-refractivity contribution is 5.49. The number of hydrogen-bond acceptors (Lipinski definition) is 4. The molecule has 0 aliphatic carbocycles. The summed E-state index contributed by atoms with van der Waals surface area (Å²) >= 11 is 0. The summed E-state index contributed by atoms with van der Waals surface area (Å²) in [5, 5.41) is 39.4. The maximum Gasteiger partial charge on any atom is 0.119 e. The van der Waals surface area contributed by atoms with Gasteiger partial charge in [0.25, 0.3) is 0 Å². The van der Waals surface area contributed by atoms with Gasteiger partial charge in [0.15, 0.2) is 0 Å². The average Bonchev–Trinajstić information content (AvgIpc) is 2.92. The minimum atomic E-state index is -0.200. The van der Waals surface area contributed by atoms with E-state index in [1.807, 2.05) is 50.2 Å². The predicted molar refractivity (Wildman–Crippen MR) is 174 cm³/mol. The number of benzene rings is 4. The summed E-state index contributed by atoms with van der Waals surface area (Å²) in [5.41, 5.74) is 7.95. The molecule has 0 aromatic heterocycles. The highest BCUT2D eigenvalue weighted by Gasteiger charge is 2.26. The van der Waals surface area contributed by atoms with Gasteiger partial charge in [-0.25, -0.2) is 0 Å². The Labute approximate surface area is 252 Å². The van der Waals surface area contributed by atoms with Gasteiger partial charge >= 0.3 is 0 Å². The van der Waals surface area contributed by atoms with Crippen molar-refractivity contribution >= 4 is 0 Å². The van der Waals surface area contributed by atoms with Crippen molar-refractivity contribution in [2.45, 2.75) is 91.9 Å². The number of aromatic hydroxyl groups is 4. The van der Waals surface area contributed by atoms with Crippen LogP contribution in [-0.4, -0.2) is 20.4 Å². The molecule has 0 bridgehead atoms. The lowest BCUT2D eigenvalue weighted by molar-refractivity contribution is 0.462. The molecule has 0 fully saturated rings. The Morgan fingerprint density at radius 3 is 0.952 bits per heavy atom. The predicted octanol–water partition coefficient (Wildman–Crippen LogP) is 9.71. The van der Waals surface area contributed by atoms with Crippen LogP contribution in [0.25, 0.3) is 0 Å². The third-order valence-electron chi connectivity index (χ3n) is 8.58. The molecule has 4 aromatic carbocycles. The molecule has 0 saturated carbocycles. The molecule has 4 aromatic rings. The van der Waals surface area contributed by atoms with Crippen LogP contribution in [0.5, 0.6) is 23.0 Å². The molecule has 0 spiro atoms. The molecule has 0 heterocycles. The fraction of sp³-hybridized carbons (Fsp3) is 0.368. The summed E-state index contributed by atoms with van der Waals surface area (Å²) in [4.78, 5) is 0. The molecule has 4 N–H and O–H groups in total. The van der Waals surface area contributed by atoms with E-state index in [9.17, 15) is 20.4 Å². The summed E-state index contributed by atoms with van der Waals surface area (Å²) in [5.74, 6) is 1.90. The van der Waals surface area contributed by atoms with Gasteiger partial charge in [-0.05, 0) is 94.5 Å². The lowest BCUT2D eigenvalue weighted by Gasteiger charge is -2.28. The van der Waals surface area contributed by atoms with Gasteiger partial charge in [-0.1, -0.05) is 104 Å². The topological polar surface area (TPSA) is 80.9 Å². The van der Waals surface area contributed by atoms with Crippen LogP contribution in [0, 0.1) is 13.8 Å². The van der Waals surface area contributed by atoms with E-state index in [4.69, 9.17) is 0 Å². The van der Waals surface area contributed by atoms with E-state index < -0.39 is 0 Å². The van der Waals surface area contributed by atoms with Crippen LogP contribution in [0.1, 0.15) is 112 Å². The van der Waals surface area contributed by atoms with Gasteiger partial charge < -0.3 is 20.4 Å². The van der Waals surface area contributed by atoms with Gasteiger partial charge in [0, 0.05) is 10.8 Å². The first-order chi connectivity index (χ1) is 19.5. The first kappa shape index (κ1) is 32.6. The molecule has 224 valence electrons. The summed E-state index contributed by atoms with van der Waals surface area (Å²) in [7, 11) is 0. The molecule has 4 nitrogen and oxygen atoms in total. The minimum Gasteiger partial charge on any atom is -0.508 e. The van der Waals surface area contributed by atoms with Crippen LogP contribution in [0.4, 0.5) is 0 Å². The van der Waals surface area contributed by atoms with Gasteiger partial charge in [0.2, 0.25) is 0 Å². The van der Waals surface area contributed by atoms with Crippen molar-refractivity contribution in [2.24, 2.45) is 0 Å². The first-order valence-electron chi connectivity index (χ1n) is 14.7. The van der Waals surface area contributed by atoms with Gasteiger partial charge in [-0.15, -0.1) is 0 Å². The zero-order valence-electron chi connectivity index (χ0n) is 26.9. The lowest BCUT2D eigenvalue weighted by atomic mass is 9.76. The van der Waals surface area contributed by atoms with Crippen molar-refractivity contribution in [2.75, 3.05) is 0 Å². The van der Waals surface area contributed by atoms with E-state index >= 15 is 0 Å². The van der Waals surface area contributed by atoms with Crippen LogP contribution in [0.3, 0.4) is 0 Å². The number of hydrogen-bond donors (Lipinski definition) is 4. The zero-order chi connectivity index (χ0) is 31.6. The quantitative estimate of drug-likeness (QED) is 0.187. The summed E-state index contributed by atoms with van der Waals surface area (Å²) in [6.45, 7) is 20.8. The highest BCUT2D eigenvalue weighted by atomic mass is 16.3. The normalized spacial score (nSPS) is 11.9. The summed E-state index contributed by atoms with van der Waals surface area (Å²) in [6, 6.07) is 23.1. The molecule has 0 aliphatic rings. The maximum atomic E-state index is 10.1. The van der Waals surface area contributed by atoms with Crippen LogP contribution < -0.4 is 0 Å². The van der Waals surface area contributed by atoms with Crippen LogP contribution in [-0.2, 0) is 10.8 Å². The van der Waals surface area contributed by atoms with Gasteiger partial charge in [-0.3, -0.25) is 0 Å². The second kappa shape index (κ2) is 12.5. The van der Waals surface area contributed by atoms with E-state index in [0.29, 0.717) is 23.0 Å². The van der Waals surface area contributed by atoms with Crippen molar-refractivity contribution in [1.82, 2.24) is 0 Å². The fourth-order valence-corrected chi connectivity index (χ4v) is 5.23. The summed E-state index contributed by atoms with van der Waals surface area (Å²) in [6.07, 6.45) is 0. The molecule has 0 saturated heterocycles. The van der Waals surface area contributed by atoms with Gasteiger partial charge in [-0.2, -0.15) is 0 Å². The van der Waals surface area contributed by atoms with Crippen molar-refractivity contribution in [3.63, 3.8) is 0 Å². The summed E-state index contributed by atoms with van der Waals surface area (Å²) < 4.78 is 0. The molecule has 0 amide bonds. The number of rotatable bonds is 6. The van der Waals surface area contributed by atoms with Crippen LogP contribution >= 0.6 is 0 Å². The van der Waals surface area contributed by atoms with Crippen molar-refractivity contribution in [3.05, 3.63) is 117 Å². The Hall–Kier alpha value is -3.92. The molecule has 0 atom stereocenters. The van der Waals surface area contributed by atoms with Gasteiger partial charge in [0.1, 0.15) is 23.0 Å². The molecule has 4 heteroatoms. The van der Waals surface area contributed by atoms with Crippen molar-refractivity contribution < 1.29 is 20.4 Å². The second-order valence-corrected chi connectivity index (χ2v) is 13.1. The zero-order valence-corrected chi connectivity index (χ0v) is 26.9. The van der Waals surface area contributed by atoms with E-state index in [-0.39, 0.29) is 22.7 Å². The van der Waals surface area contributed by atoms with Gasteiger partial charge in [0.05, 0.1) is 0 Å².